The maximum Gasteiger partial charge on any atom is 0.223 e. The molecule has 4 N–H and O–H groups in total. The normalized spacial score (nSPS) is 14.3. The van der Waals surface area contributed by atoms with E-state index in [1.165, 1.54) is 0 Å². The maximum absolute atomic E-state index is 13.2. The standard InChI is InChI=1S/C36H53N3O5/c1-25(2)29(20-28-12-15-34(43-6)35(21-28)44-19-9-18-42-5)22-32(37)33(40)23-31(26(3)4)36(41)38-24-27-10-13-30(14-11-27)39-16-7-8-17-39/h7-8,10-17,21,25-26,29,31-33,40H,9,18-20,22-24,37H2,1-6H3,(H,38,41)/t29-,31-,32-,33-/m0/s1. The molecule has 0 aliphatic rings. The minimum atomic E-state index is -0.786. The molecular weight excluding hydrogens is 554 g/mol. The van der Waals surface area contributed by atoms with Crippen LogP contribution in [0.15, 0.2) is 67.0 Å². The highest BCUT2D eigenvalue weighted by Crippen LogP contribution is 2.32. The second-order valence-corrected chi connectivity index (χ2v) is 12.4. The van der Waals surface area contributed by atoms with Gasteiger partial charge < -0.3 is 34.9 Å². The highest BCUT2D eigenvalue weighted by Gasteiger charge is 2.29. The maximum atomic E-state index is 13.2. The summed E-state index contributed by atoms with van der Waals surface area (Å²) in [6.07, 6.45) is 5.78. The first-order valence-corrected chi connectivity index (χ1v) is 15.8. The number of nitrogens with two attached hydrogens (primary N) is 1. The number of ether oxygens (including phenoxy) is 3. The molecule has 2 aromatic carbocycles. The van der Waals surface area contributed by atoms with Gasteiger partial charge in [0.1, 0.15) is 0 Å². The number of aliphatic hydroxyl groups is 1. The van der Waals surface area contributed by atoms with E-state index >= 15 is 0 Å². The SMILES string of the molecule is COCCCOc1cc(C[C@@H](C[C@H](N)[C@@H](O)C[C@H](C(=O)NCc2ccc(-n3cccc3)cc2)C(C)C)C(C)C)ccc1OC. The molecule has 4 atom stereocenters. The van der Waals surface area contributed by atoms with Gasteiger partial charge in [-0.3, -0.25) is 4.79 Å². The van der Waals surface area contributed by atoms with Crippen LogP contribution in [0.1, 0.15) is 58.1 Å². The predicted molar refractivity (Wildman–Crippen MR) is 176 cm³/mol. The van der Waals surface area contributed by atoms with Gasteiger partial charge >= 0.3 is 0 Å². The number of carbonyl (C=O) groups is 1. The first-order chi connectivity index (χ1) is 21.1. The Morgan fingerprint density at radius 2 is 1.59 bits per heavy atom. The smallest absolute Gasteiger partial charge is 0.223 e. The number of hydrogen-bond donors (Lipinski definition) is 3. The topological polar surface area (TPSA) is 108 Å². The number of nitrogens with one attached hydrogen (secondary N) is 1. The van der Waals surface area contributed by atoms with Crippen molar-refractivity contribution in [1.82, 2.24) is 9.88 Å². The number of carbonyl (C=O) groups excluding carboxylic acids is 1. The molecule has 1 amide bonds. The van der Waals surface area contributed by atoms with Crippen LogP contribution in [0.4, 0.5) is 0 Å². The predicted octanol–water partition coefficient (Wildman–Crippen LogP) is 5.77. The van der Waals surface area contributed by atoms with Crippen molar-refractivity contribution < 1.29 is 24.1 Å². The van der Waals surface area contributed by atoms with Gasteiger partial charge in [-0.15, -0.1) is 0 Å². The van der Waals surface area contributed by atoms with Crippen LogP contribution in [-0.2, 0) is 22.5 Å². The molecule has 0 fully saturated rings. The lowest BCUT2D eigenvalue weighted by Gasteiger charge is -2.30. The lowest BCUT2D eigenvalue weighted by molar-refractivity contribution is -0.127. The molecule has 3 aromatic rings. The molecule has 0 saturated heterocycles. The van der Waals surface area contributed by atoms with Crippen LogP contribution in [0, 0.1) is 23.7 Å². The molecule has 8 nitrogen and oxygen atoms in total. The zero-order chi connectivity index (χ0) is 32.1. The number of aliphatic hydroxyl groups excluding tert-OH is 1. The molecule has 0 aliphatic heterocycles. The minimum absolute atomic E-state index is 0.0580. The van der Waals surface area contributed by atoms with Gasteiger partial charge in [0.15, 0.2) is 11.5 Å². The van der Waals surface area contributed by atoms with Crippen LogP contribution in [0.2, 0.25) is 0 Å². The van der Waals surface area contributed by atoms with Crippen molar-refractivity contribution in [2.75, 3.05) is 27.4 Å². The van der Waals surface area contributed by atoms with Crippen molar-refractivity contribution >= 4 is 5.91 Å². The Labute approximate surface area is 263 Å². The van der Waals surface area contributed by atoms with Gasteiger partial charge in [-0.25, -0.2) is 0 Å². The summed E-state index contributed by atoms with van der Waals surface area (Å²) in [4.78, 5) is 13.2. The number of benzene rings is 2. The monoisotopic (exact) mass is 607 g/mol. The lowest BCUT2D eigenvalue weighted by Crippen LogP contribution is -2.42. The van der Waals surface area contributed by atoms with Crippen LogP contribution < -0.4 is 20.5 Å². The summed E-state index contributed by atoms with van der Waals surface area (Å²) < 4.78 is 18.6. The highest BCUT2D eigenvalue weighted by atomic mass is 16.5. The third-order valence-electron chi connectivity index (χ3n) is 8.43. The molecule has 1 aromatic heterocycles. The van der Waals surface area contributed by atoms with Crippen LogP contribution >= 0.6 is 0 Å². The number of rotatable bonds is 19. The van der Waals surface area contributed by atoms with E-state index in [9.17, 15) is 9.90 Å². The Bertz CT molecular complexity index is 1240. The zero-order valence-electron chi connectivity index (χ0n) is 27.4. The summed E-state index contributed by atoms with van der Waals surface area (Å²) in [6, 6.07) is 17.7. The quantitative estimate of drug-likeness (QED) is 0.149. The second-order valence-electron chi connectivity index (χ2n) is 12.4. The Kier molecular flexibility index (Phi) is 14.2. The molecular formula is C36H53N3O5. The highest BCUT2D eigenvalue weighted by molar-refractivity contribution is 5.78. The molecule has 0 bridgehead atoms. The Balaban J connectivity index is 1.57. The van der Waals surface area contributed by atoms with Gasteiger partial charge in [0.25, 0.3) is 0 Å². The largest absolute Gasteiger partial charge is 0.493 e. The van der Waals surface area contributed by atoms with Crippen molar-refractivity contribution in [1.29, 1.82) is 0 Å². The first kappa shape index (κ1) is 35.2. The van der Waals surface area contributed by atoms with Gasteiger partial charge in [-0.05, 0) is 84.5 Å². The van der Waals surface area contributed by atoms with Crippen LogP contribution in [0.25, 0.3) is 5.69 Å². The molecule has 1 heterocycles. The molecule has 242 valence electrons. The third kappa shape index (κ3) is 10.7. The second kappa shape index (κ2) is 17.8. The summed E-state index contributed by atoms with van der Waals surface area (Å²) in [5, 5.41) is 14.3. The summed E-state index contributed by atoms with van der Waals surface area (Å²) in [5.74, 6) is 1.69. The molecule has 8 heteroatoms. The van der Waals surface area contributed by atoms with E-state index in [2.05, 4.69) is 25.2 Å². The van der Waals surface area contributed by atoms with Crippen LogP contribution in [0.3, 0.4) is 0 Å². The number of hydrogen-bond acceptors (Lipinski definition) is 6. The Morgan fingerprint density at radius 3 is 2.20 bits per heavy atom. The van der Waals surface area contributed by atoms with E-state index in [4.69, 9.17) is 19.9 Å². The van der Waals surface area contributed by atoms with Gasteiger partial charge in [-0.2, -0.15) is 0 Å². The van der Waals surface area contributed by atoms with Gasteiger partial charge in [0.2, 0.25) is 5.91 Å². The lowest BCUT2D eigenvalue weighted by atomic mass is 9.81. The molecule has 0 radical (unpaired) electrons. The van der Waals surface area contributed by atoms with Gasteiger partial charge in [0, 0.05) is 56.7 Å². The van der Waals surface area contributed by atoms with E-state index < -0.39 is 12.1 Å². The van der Waals surface area contributed by atoms with Crippen molar-refractivity contribution in [3.05, 3.63) is 78.1 Å². The third-order valence-corrected chi connectivity index (χ3v) is 8.43. The summed E-state index contributed by atoms with van der Waals surface area (Å²) in [5.41, 5.74) is 9.83. The Hall–Kier alpha value is -3.33. The zero-order valence-corrected chi connectivity index (χ0v) is 27.4. The summed E-state index contributed by atoms with van der Waals surface area (Å²) in [6.45, 7) is 10.0. The molecule has 0 unspecified atom stereocenters. The molecule has 0 spiro atoms. The number of aromatic nitrogens is 1. The van der Waals surface area contributed by atoms with E-state index in [-0.39, 0.29) is 23.7 Å². The van der Waals surface area contributed by atoms with E-state index in [1.54, 1.807) is 14.2 Å². The molecule has 0 saturated carbocycles. The van der Waals surface area contributed by atoms with E-state index in [0.29, 0.717) is 44.3 Å². The van der Waals surface area contributed by atoms with Crippen LogP contribution in [-0.4, -0.2) is 55.2 Å². The number of nitrogens with zero attached hydrogens (tertiary/aromatic N) is 1. The molecule has 0 aliphatic carbocycles. The first-order valence-electron chi connectivity index (χ1n) is 15.8. The average Bonchev–Trinajstić information content (AvgIpc) is 3.55. The van der Waals surface area contributed by atoms with Crippen molar-refractivity contribution in [3.8, 4) is 17.2 Å². The van der Waals surface area contributed by atoms with Crippen molar-refractivity contribution in [2.45, 2.75) is 72.1 Å². The number of methoxy groups -OCH3 is 2. The van der Waals surface area contributed by atoms with E-state index in [1.807, 2.05) is 79.3 Å². The fourth-order valence-corrected chi connectivity index (χ4v) is 5.48. The fourth-order valence-electron chi connectivity index (χ4n) is 5.48. The average molecular weight is 608 g/mol. The van der Waals surface area contributed by atoms with Crippen molar-refractivity contribution in [2.24, 2.45) is 29.4 Å². The van der Waals surface area contributed by atoms with Gasteiger partial charge in [0.05, 0.1) is 19.8 Å². The van der Waals surface area contributed by atoms with Gasteiger partial charge in [-0.1, -0.05) is 45.9 Å². The summed E-state index contributed by atoms with van der Waals surface area (Å²) >= 11 is 0. The van der Waals surface area contributed by atoms with E-state index in [0.717, 1.165) is 35.4 Å². The minimum Gasteiger partial charge on any atom is -0.493 e. The Morgan fingerprint density at radius 1 is 0.909 bits per heavy atom. The van der Waals surface area contributed by atoms with Crippen LogP contribution in [0.5, 0.6) is 11.5 Å². The molecule has 44 heavy (non-hydrogen) atoms. The molecule has 3 rings (SSSR count). The van der Waals surface area contributed by atoms with Crippen molar-refractivity contribution in [3.63, 3.8) is 0 Å². The fraction of sp³-hybridized carbons (Fsp3) is 0.528. The summed E-state index contributed by atoms with van der Waals surface area (Å²) in [7, 11) is 3.32. The number of amides is 1.